The van der Waals surface area contributed by atoms with E-state index in [0.29, 0.717) is 16.7 Å². The lowest BCUT2D eigenvalue weighted by atomic mass is 9.44. The zero-order valence-corrected chi connectivity index (χ0v) is 41.1. The third-order valence-corrected chi connectivity index (χ3v) is 14.7. The van der Waals surface area contributed by atoms with E-state index in [1.807, 2.05) is 0 Å². The van der Waals surface area contributed by atoms with Gasteiger partial charge in [0.25, 0.3) is 5.91 Å². The van der Waals surface area contributed by atoms with Gasteiger partial charge in [-0.1, -0.05) is 62.4 Å². The first kappa shape index (κ1) is 52.2. The van der Waals surface area contributed by atoms with Crippen LogP contribution in [0.5, 0.6) is 0 Å². The number of carbonyl (C=O) groups excluding carboxylic acids is 6. The van der Waals surface area contributed by atoms with E-state index in [9.17, 15) is 28.7 Å². The van der Waals surface area contributed by atoms with Crippen LogP contribution in [-0.4, -0.2) is 121 Å². The number of ketones is 1. The maximum atomic E-state index is 16.2. The summed E-state index contributed by atoms with van der Waals surface area (Å²) in [4.78, 5) is 86.3. The fourth-order valence-corrected chi connectivity index (χ4v) is 11.1. The molecular formula is C52H61FN2O14S. The molecule has 1 heterocycles. The topological polar surface area (TPSA) is 211 Å². The molecule has 16 nitrogen and oxygen atoms in total. The fourth-order valence-electron chi connectivity index (χ4n) is 11.0. The standard InChI is InChI=1S/C52H61FN2O14S/c1-8-54-48(61)67-36-26-37-51(28-65-37,69-30(4)56)42-44(68-46(59)33-20-22-34(53)23-21-33)52(62)27-35(29(3)38(49(52,5)6)40(64-24-25-70)43(57)50(36,42)7)66-47(60)41(63-9-2)39(31-16-12-10-13-17-31)55-45(58)32-18-14-11-15-19-32/h10-23,35-37,39-42,44,62,70H,8-9,24-28H2,1-7H3,(H,54,61)(H,55,58)/t35-,36-,37+,39-,40+,41+,42?,44?,50+,51-,52+/m0/s1. The van der Waals surface area contributed by atoms with E-state index in [0.717, 1.165) is 12.1 Å². The van der Waals surface area contributed by atoms with Crippen molar-refractivity contribution in [2.24, 2.45) is 16.7 Å². The van der Waals surface area contributed by atoms with E-state index in [-0.39, 0.29) is 49.7 Å². The summed E-state index contributed by atoms with van der Waals surface area (Å²) in [7, 11) is 0. The number of Topliss-reactive ketones (excluding diaryl/α,β-unsaturated/α-hetero) is 1. The number of amides is 2. The first-order valence-corrected chi connectivity index (χ1v) is 24.1. The molecule has 0 radical (unpaired) electrons. The molecule has 18 heteroatoms. The molecule has 1 aliphatic heterocycles. The smallest absolute Gasteiger partial charge is 0.407 e. The highest BCUT2D eigenvalue weighted by Gasteiger charge is 2.79. The fraction of sp³-hybridized carbons (Fsp3) is 0.500. The van der Waals surface area contributed by atoms with Gasteiger partial charge in [0.05, 0.1) is 36.2 Å². The van der Waals surface area contributed by atoms with Gasteiger partial charge in [0, 0.05) is 49.6 Å². The van der Waals surface area contributed by atoms with Crippen LogP contribution in [-0.2, 0) is 47.5 Å². The lowest BCUT2D eigenvalue weighted by molar-refractivity contribution is -0.345. The van der Waals surface area contributed by atoms with Gasteiger partial charge in [0.15, 0.2) is 17.5 Å². The number of rotatable bonds is 16. The Balaban J connectivity index is 1.44. The number of fused-ring (bicyclic) bond motifs is 5. The Bertz CT molecular complexity index is 2470. The van der Waals surface area contributed by atoms with Gasteiger partial charge in [-0.05, 0) is 80.8 Å². The Morgan fingerprint density at radius 2 is 1.57 bits per heavy atom. The summed E-state index contributed by atoms with van der Waals surface area (Å²) in [6.45, 7) is 10.7. The molecule has 7 rings (SSSR count). The van der Waals surface area contributed by atoms with E-state index in [4.69, 9.17) is 33.2 Å². The molecule has 4 aliphatic rings. The average Bonchev–Trinajstić information content (AvgIpc) is 3.32. The van der Waals surface area contributed by atoms with Crippen molar-refractivity contribution in [2.75, 3.05) is 32.1 Å². The van der Waals surface area contributed by atoms with Crippen molar-refractivity contribution >= 4 is 48.3 Å². The summed E-state index contributed by atoms with van der Waals surface area (Å²) in [6, 6.07) is 20.5. The number of alkyl carbamates (subject to hydrolysis) is 1. The minimum Gasteiger partial charge on any atom is -0.456 e. The van der Waals surface area contributed by atoms with Crippen LogP contribution in [0.3, 0.4) is 0 Å². The zero-order valence-electron chi connectivity index (χ0n) is 40.2. The maximum Gasteiger partial charge on any atom is 0.407 e. The molecule has 0 aromatic heterocycles. The van der Waals surface area contributed by atoms with Gasteiger partial charge in [0.2, 0.25) is 0 Å². The van der Waals surface area contributed by atoms with Crippen molar-refractivity contribution in [2.45, 2.75) is 115 Å². The summed E-state index contributed by atoms with van der Waals surface area (Å²) in [5.74, 6) is -6.05. The van der Waals surface area contributed by atoms with Gasteiger partial charge in [-0.15, -0.1) is 0 Å². The zero-order chi connectivity index (χ0) is 50.8. The Kier molecular flexibility index (Phi) is 15.6. The molecule has 3 fully saturated rings. The molecule has 3 N–H and O–H groups in total. The van der Waals surface area contributed by atoms with Gasteiger partial charge in [-0.2, -0.15) is 12.6 Å². The number of ether oxygens (including phenoxy) is 7. The molecule has 3 aromatic rings. The number of thiol groups is 1. The van der Waals surface area contributed by atoms with Gasteiger partial charge in [-0.25, -0.2) is 18.8 Å². The van der Waals surface area contributed by atoms with Crippen LogP contribution in [0.4, 0.5) is 9.18 Å². The number of hydrogen-bond donors (Lipinski definition) is 4. The summed E-state index contributed by atoms with van der Waals surface area (Å²) in [6.07, 6.45) is -10.3. The number of carbonyl (C=O) groups is 6. The van der Waals surface area contributed by atoms with Crippen molar-refractivity contribution in [3.05, 3.63) is 119 Å². The molecule has 376 valence electrons. The molecule has 70 heavy (non-hydrogen) atoms. The predicted molar refractivity (Wildman–Crippen MR) is 253 cm³/mol. The second-order valence-corrected chi connectivity index (χ2v) is 19.3. The highest BCUT2D eigenvalue weighted by molar-refractivity contribution is 7.80. The monoisotopic (exact) mass is 988 g/mol. The van der Waals surface area contributed by atoms with Crippen molar-refractivity contribution < 1.29 is 71.4 Å². The Hall–Kier alpha value is -5.66. The van der Waals surface area contributed by atoms with Crippen molar-refractivity contribution in [1.29, 1.82) is 0 Å². The minimum absolute atomic E-state index is 0.00280. The van der Waals surface area contributed by atoms with Crippen molar-refractivity contribution in [3.8, 4) is 0 Å². The lowest BCUT2D eigenvalue weighted by Gasteiger charge is -2.67. The molecule has 0 spiro atoms. The summed E-state index contributed by atoms with van der Waals surface area (Å²) in [5, 5.41) is 19.6. The lowest BCUT2D eigenvalue weighted by Crippen LogP contribution is -2.82. The van der Waals surface area contributed by atoms with Crippen LogP contribution >= 0.6 is 12.6 Å². The molecule has 3 aromatic carbocycles. The maximum absolute atomic E-state index is 16.2. The summed E-state index contributed by atoms with van der Waals surface area (Å²) in [5.41, 5.74) is -6.63. The molecule has 1 saturated heterocycles. The van der Waals surface area contributed by atoms with Gasteiger partial charge < -0.3 is 48.9 Å². The normalized spacial score (nSPS) is 29.5. The average molecular weight is 989 g/mol. The minimum atomic E-state index is -2.39. The van der Waals surface area contributed by atoms with Crippen LogP contribution in [0.1, 0.15) is 93.6 Å². The van der Waals surface area contributed by atoms with Gasteiger partial charge in [0.1, 0.15) is 41.9 Å². The molecule has 11 atom stereocenters. The highest BCUT2D eigenvalue weighted by atomic mass is 32.1. The van der Waals surface area contributed by atoms with E-state index in [1.165, 1.54) is 26.0 Å². The molecule has 2 bridgehead atoms. The van der Waals surface area contributed by atoms with E-state index in [2.05, 4.69) is 23.3 Å². The largest absolute Gasteiger partial charge is 0.456 e. The molecule has 3 aliphatic carbocycles. The van der Waals surface area contributed by atoms with Crippen LogP contribution in [0.15, 0.2) is 96.1 Å². The summed E-state index contributed by atoms with van der Waals surface area (Å²) < 4.78 is 58.3. The Morgan fingerprint density at radius 1 is 0.914 bits per heavy atom. The molecule has 2 unspecified atom stereocenters. The van der Waals surface area contributed by atoms with Crippen LogP contribution in [0.25, 0.3) is 0 Å². The molecular weight excluding hydrogens is 928 g/mol. The summed E-state index contributed by atoms with van der Waals surface area (Å²) >= 11 is 4.40. The first-order chi connectivity index (χ1) is 33.3. The third kappa shape index (κ3) is 9.47. The number of hydrogen-bond acceptors (Lipinski definition) is 15. The number of halogens is 1. The van der Waals surface area contributed by atoms with Crippen molar-refractivity contribution in [3.63, 3.8) is 0 Å². The highest BCUT2D eigenvalue weighted by Crippen LogP contribution is 2.65. The van der Waals surface area contributed by atoms with E-state index < -0.39 is 119 Å². The van der Waals surface area contributed by atoms with Gasteiger partial charge in [-0.3, -0.25) is 14.4 Å². The quantitative estimate of drug-likeness (QED) is 0.0557. The SMILES string of the molecule is CCNC(=O)O[C@H]1C[C@H]2OC[C@@]2(OC(C)=O)C2C(OC(=O)c3ccc(F)cc3)[C@]3(O)C[C@H](OC(=O)[C@H](OCC)[C@@H](NC(=O)c4ccccc4)c4ccccc4)C(C)=C([C@@H](OCCS)C(=O)[C@@]21C)C3(C)C. The number of nitrogens with one attached hydrogen (secondary N) is 2. The van der Waals surface area contributed by atoms with E-state index in [1.54, 1.807) is 95.3 Å². The molecule has 2 amide bonds. The van der Waals surface area contributed by atoms with Crippen LogP contribution < -0.4 is 10.6 Å². The van der Waals surface area contributed by atoms with E-state index >= 15 is 9.59 Å². The van der Waals surface area contributed by atoms with Crippen molar-refractivity contribution in [1.82, 2.24) is 10.6 Å². The van der Waals surface area contributed by atoms with Crippen LogP contribution in [0.2, 0.25) is 0 Å². The second kappa shape index (κ2) is 21.0. The first-order valence-electron chi connectivity index (χ1n) is 23.4. The predicted octanol–water partition coefficient (Wildman–Crippen LogP) is 6.06. The third-order valence-electron chi connectivity index (χ3n) is 14.5. The van der Waals surface area contributed by atoms with Crippen LogP contribution in [0, 0.1) is 22.6 Å². The number of benzene rings is 3. The Labute approximate surface area is 411 Å². The Morgan fingerprint density at radius 3 is 2.16 bits per heavy atom. The van der Waals surface area contributed by atoms with Gasteiger partial charge >= 0.3 is 24.0 Å². The molecule has 2 saturated carbocycles. The second-order valence-electron chi connectivity index (χ2n) is 18.8. The number of aliphatic hydroxyl groups is 1. The number of esters is 3.